The van der Waals surface area contributed by atoms with Crippen molar-refractivity contribution in [2.75, 3.05) is 38.8 Å². The summed E-state index contributed by atoms with van der Waals surface area (Å²) in [4.78, 5) is 47.7. The van der Waals surface area contributed by atoms with Gasteiger partial charge in [-0.15, -0.1) is 0 Å². The lowest BCUT2D eigenvalue weighted by Crippen LogP contribution is -2.48. The molecule has 28 heavy (non-hydrogen) atoms. The standard InChI is InChI=1S/C16H28N4O6S2/c1-25-13(21)11-9-27-28-10-12(14(22)26-2)20-16(24)18-8-6-4-3-5-7-17-15(23)19-11/h11-12H,3-10H2,1-2H3,(H2,17,19,23)(H2,18,20,24)/t11-,12?/m0/s1. The Bertz CT molecular complexity index is 491. The van der Waals surface area contributed by atoms with Crippen LogP contribution < -0.4 is 21.3 Å². The summed E-state index contributed by atoms with van der Waals surface area (Å²) in [6, 6.07) is -2.50. The van der Waals surface area contributed by atoms with Gasteiger partial charge in [-0.05, 0) is 12.8 Å². The van der Waals surface area contributed by atoms with E-state index in [2.05, 4.69) is 21.3 Å². The van der Waals surface area contributed by atoms with E-state index in [1.165, 1.54) is 35.8 Å². The van der Waals surface area contributed by atoms with Crippen LogP contribution in [0.15, 0.2) is 0 Å². The molecule has 0 aromatic heterocycles. The Kier molecular flexibility index (Phi) is 12.3. The monoisotopic (exact) mass is 436 g/mol. The summed E-state index contributed by atoms with van der Waals surface area (Å²) in [5.41, 5.74) is 0. The highest BCUT2D eigenvalue weighted by atomic mass is 33.1. The van der Waals surface area contributed by atoms with Crippen LogP contribution in [0.25, 0.3) is 0 Å². The van der Waals surface area contributed by atoms with E-state index in [1.54, 1.807) is 0 Å². The molecule has 0 radical (unpaired) electrons. The zero-order chi connectivity index (χ0) is 20.8. The lowest BCUT2D eigenvalue weighted by atomic mass is 10.2. The van der Waals surface area contributed by atoms with Gasteiger partial charge in [0.25, 0.3) is 0 Å². The van der Waals surface area contributed by atoms with Gasteiger partial charge in [0.1, 0.15) is 12.1 Å². The van der Waals surface area contributed by atoms with E-state index >= 15 is 0 Å². The zero-order valence-corrected chi connectivity index (χ0v) is 17.7. The van der Waals surface area contributed by atoms with Crippen LogP contribution in [0.2, 0.25) is 0 Å². The second-order valence-corrected chi connectivity index (χ2v) is 8.49. The number of esters is 2. The summed E-state index contributed by atoms with van der Waals surface area (Å²) < 4.78 is 9.44. The molecule has 0 spiro atoms. The molecule has 0 aromatic rings. The lowest BCUT2D eigenvalue weighted by molar-refractivity contribution is -0.143. The number of amides is 4. The first-order valence-corrected chi connectivity index (χ1v) is 11.5. The Labute approximate surface area is 172 Å². The second-order valence-electron chi connectivity index (χ2n) is 5.94. The largest absolute Gasteiger partial charge is 0.467 e. The maximum atomic E-state index is 12.0. The molecule has 1 saturated heterocycles. The molecular weight excluding hydrogens is 408 g/mol. The number of carbonyl (C=O) groups is 4. The summed E-state index contributed by atoms with van der Waals surface area (Å²) in [6.45, 7) is 0.993. The van der Waals surface area contributed by atoms with Gasteiger partial charge < -0.3 is 30.7 Å². The number of ether oxygens (including phenoxy) is 2. The maximum Gasteiger partial charge on any atom is 0.329 e. The van der Waals surface area contributed by atoms with Crippen LogP contribution in [0.4, 0.5) is 9.59 Å². The average Bonchev–Trinajstić information content (AvgIpc) is 2.69. The van der Waals surface area contributed by atoms with Crippen LogP contribution >= 0.6 is 21.6 Å². The molecule has 160 valence electrons. The van der Waals surface area contributed by atoms with Crippen molar-refractivity contribution < 1.29 is 28.7 Å². The van der Waals surface area contributed by atoms with Gasteiger partial charge in [0, 0.05) is 24.6 Å². The van der Waals surface area contributed by atoms with Gasteiger partial charge in [-0.2, -0.15) is 0 Å². The molecule has 1 aliphatic heterocycles. The van der Waals surface area contributed by atoms with Crippen molar-refractivity contribution >= 4 is 45.6 Å². The van der Waals surface area contributed by atoms with Gasteiger partial charge in [0.2, 0.25) is 0 Å². The fourth-order valence-electron chi connectivity index (χ4n) is 2.28. The number of hydrogen-bond donors (Lipinski definition) is 4. The van der Waals surface area contributed by atoms with Gasteiger partial charge in [0.15, 0.2) is 0 Å². The third kappa shape index (κ3) is 9.93. The first kappa shape index (κ1) is 24.2. The van der Waals surface area contributed by atoms with Gasteiger partial charge in [0.05, 0.1) is 14.2 Å². The van der Waals surface area contributed by atoms with Crippen molar-refractivity contribution in [3.63, 3.8) is 0 Å². The minimum absolute atomic E-state index is 0.241. The van der Waals surface area contributed by atoms with Crippen molar-refractivity contribution in [3.8, 4) is 0 Å². The molecule has 12 heteroatoms. The predicted octanol–water partition coefficient (Wildman–Crippen LogP) is 0.623. The first-order chi connectivity index (χ1) is 13.5. The zero-order valence-electron chi connectivity index (χ0n) is 16.1. The SMILES string of the molecule is COC(=O)C1CSSC[C@@H](C(=O)OC)NC(=O)NCCCCCCNC(=O)N1. The smallest absolute Gasteiger partial charge is 0.329 e. The van der Waals surface area contributed by atoms with Gasteiger partial charge in [-0.3, -0.25) is 0 Å². The number of methoxy groups -OCH3 is 2. The first-order valence-electron chi connectivity index (χ1n) is 8.96. The lowest BCUT2D eigenvalue weighted by Gasteiger charge is -2.19. The molecule has 1 heterocycles. The molecule has 1 rings (SSSR count). The Balaban J connectivity index is 2.70. The van der Waals surface area contributed by atoms with Crippen LogP contribution in [-0.2, 0) is 19.1 Å². The quantitative estimate of drug-likeness (QED) is 0.366. The van der Waals surface area contributed by atoms with E-state index in [9.17, 15) is 19.2 Å². The molecule has 0 aliphatic carbocycles. The van der Waals surface area contributed by atoms with E-state index < -0.39 is 36.1 Å². The molecule has 4 N–H and O–H groups in total. The third-order valence-electron chi connectivity index (χ3n) is 3.81. The minimum Gasteiger partial charge on any atom is -0.467 e. The Morgan fingerprint density at radius 3 is 1.54 bits per heavy atom. The molecule has 4 amide bonds. The molecular formula is C16H28N4O6S2. The molecule has 0 aromatic carbocycles. The maximum absolute atomic E-state index is 12.0. The van der Waals surface area contributed by atoms with Crippen LogP contribution in [0.5, 0.6) is 0 Å². The highest BCUT2D eigenvalue weighted by molar-refractivity contribution is 8.76. The van der Waals surface area contributed by atoms with E-state index in [0.717, 1.165) is 25.7 Å². The minimum atomic E-state index is -0.825. The fraction of sp³-hybridized carbons (Fsp3) is 0.750. The van der Waals surface area contributed by atoms with Gasteiger partial charge in [-0.1, -0.05) is 34.4 Å². The van der Waals surface area contributed by atoms with Crippen molar-refractivity contribution in [2.45, 2.75) is 37.8 Å². The molecule has 1 fully saturated rings. The van der Waals surface area contributed by atoms with Gasteiger partial charge in [-0.25, -0.2) is 19.2 Å². The molecule has 0 saturated carbocycles. The topological polar surface area (TPSA) is 135 Å². The summed E-state index contributed by atoms with van der Waals surface area (Å²) >= 11 is 0. The number of nitrogens with one attached hydrogen (secondary N) is 4. The summed E-state index contributed by atoms with van der Waals surface area (Å²) in [6.07, 6.45) is 3.36. The van der Waals surface area contributed by atoms with E-state index in [4.69, 9.17) is 9.47 Å². The van der Waals surface area contributed by atoms with Gasteiger partial charge >= 0.3 is 24.0 Å². The molecule has 1 unspecified atom stereocenters. The molecule has 10 nitrogen and oxygen atoms in total. The van der Waals surface area contributed by atoms with Crippen molar-refractivity contribution in [1.29, 1.82) is 0 Å². The van der Waals surface area contributed by atoms with Crippen LogP contribution in [0, 0.1) is 0 Å². The summed E-state index contributed by atoms with van der Waals surface area (Å²) in [5.74, 6) is -0.630. The molecule has 2 atom stereocenters. The Morgan fingerprint density at radius 2 is 1.18 bits per heavy atom. The van der Waals surface area contributed by atoms with Crippen LogP contribution in [0.3, 0.4) is 0 Å². The van der Waals surface area contributed by atoms with Crippen molar-refractivity contribution in [1.82, 2.24) is 21.3 Å². The summed E-state index contributed by atoms with van der Waals surface area (Å²) in [7, 11) is 5.06. The van der Waals surface area contributed by atoms with E-state index in [1.807, 2.05) is 0 Å². The normalized spacial score (nSPS) is 23.5. The van der Waals surface area contributed by atoms with E-state index in [0.29, 0.717) is 13.1 Å². The van der Waals surface area contributed by atoms with Crippen molar-refractivity contribution in [2.24, 2.45) is 0 Å². The summed E-state index contributed by atoms with van der Waals surface area (Å²) in [5, 5.41) is 10.6. The molecule has 1 aliphatic rings. The highest BCUT2D eigenvalue weighted by Gasteiger charge is 2.24. The van der Waals surface area contributed by atoms with E-state index in [-0.39, 0.29) is 11.5 Å². The van der Waals surface area contributed by atoms with Crippen LogP contribution in [0.1, 0.15) is 25.7 Å². The highest BCUT2D eigenvalue weighted by Crippen LogP contribution is 2.23. The van der Waals surface area contributed by atoms with Crippen LogP contribution in [-0.4, -0.2) is 74.9 Å². The molecule has 0 bridgehead atoms. The Morgan fingerprint density at radius 1 is 0.786 bits per heavy atom. The Hall–Kier alpha value is -1.82. The number of rotatable bonds is 2. The fourth-order valence-corrected chi connectivity index (χ4v) is 4.58. The third-order valence-corrected chi connectivity index (χ3v) is 6.23. The second kappa shape index (κ2) is 14.2. The predicted molar refractivity (Wildman–Crippen MR) is 108 cm³/mol. The average molecular weight is 437 g/mol. The number of urea groups is 2. The number of hydrogen-bond acceptors (Lipinski definition) is 8. The van der Waals surface area contributed by atoms with Crippen molar-refractivity contribution in [3.05, 3.63) is 0 Å². The number of carbonyl (C=O) groups excluding carboxylic acids is 4.